The molecule has 3 heterocycles. The van der Waals surface area contributed by atoms with E-state index in [2.05, 4.69) is 6.58 Å². The second kappa shape index (κ2) is 9.71. The van der Waals surface area contributed by atoms with E-state index in [1.165, 1.54) is 20.8 Å². The molecule has 0 aromatic rings. The van der Waals surface area contributed by atoms with Gasteiger partial charge in [0.15, 0.2) is 17.5 Å². The van der Waals surface area contributed by atoms with Gasteiger partial charge < -0.3 is 33.9 Å². The lowest BCUT2D eigenvalue weighted by molar-refractivity contribution is -0.361. The summed E-state index contributed by atoms with van der Waals surface area (Å²) in [5.74, 6) is -7.25. The molecule has 39 heavy (non-hydrogen) atoms. The first kappa shape index (κ1) is 29.8. The average molecular weight is 573 g/mol. The molecule has 0 aromatic carbocycles. The average Bonchev–Trinajstić information content (AvgIpc) is 3.08. The van der Waals surface area contributed by atoms with E-state index in [0.29, 0.717) is 0 Å². The van der Waals surface area contributed by atoms with E-state index in [0.717, 1.165) is 6.92 Å². The van der Waals surface area contributed by atoms with Gasteiger partial charge in [-0.15, -0.1) is 11.6 Å². The normalized spacial score (nSPS) is 47.1. The number of fused-ring (bicyclic) bond motifs is 2. The van der Waals surface area contributed by atoms with Crippen LogP contribution in [0.1, 0.15) is 67.2 Å². The highest BCUT2D eigenvalue weighted by Crippen LogP contribution is 2.63. The van der Waals surface area contributed by atoms with Gasteiger partial charge in [0.1, 0.15) is 18.3 Å². The Bertz CT molecular complexity index is 1090. The van der Waals surface area contributed by atoms with Crippen molar-refractivity contribution in [1.82, 2.24) is 0 Å². The molecule has 4 fully saturated rings. The molecule has 218 valence electrons. The number of alkyl halides is 1. The Balaban J connectivity index is 2.08. The van der Waals surface area contributed by atoms with E-state index < -0.39 is 94.3 Å². The van der Waals surface area contributed by atoms with Crippen LogP contribution in [0, 0.1) is 17.3 Å². The number of esters is 4. The molecule has 3 aliphatic heterocycles. The van der Waals surface area contributed by atoms with Crippen LogP contribution >= 0.6 is 11.6 Å². The summed E-state index contributed by atoms with van der Waals surface area (Å²) >= 11 is 6.78. The lowest BCUT2D eigenvalue weighted by Gasteiger charge is -2.64. The van der Waals surface area contributed by atoms with Gasteiger partial charge in [-0.05, 0) is 26.7 Å². The highest BCUT2D eigenvalue weighted by Gasteiger charge is 2.78. The standard InChI is InChI=1S/C27H37ClO11/c1-8-18(31)37-17-11-26(34)12(2)19(28)21-27(39-26,13(3)23(32)38-21)22(36-15(5)30)20-24(6,33)10-9-16(25(17,20)7)35-14(4)29/h13,16-17,19-22,33-34H,2,8-11H2,1,3-7H3/t13-,16-,17-,19-,20?,21-,22-,24+,25+,26-,27-/m0/s1. The minimum absolute atomic E-state index is 0.0109. The van der Waals surface area contributed by atoms with Crippen molar-refractivity contribution in [3.8, 4) is 0 Å². The van der Waals surface area contributed by atoms with Crippen molar-refractivity contribution in [2.24, 2.45) is 17.3 Å². The molecule has 12 heteroatoms. The van der Waals surface area contributed by atoms with Crippen LogP contribution in [-0.4, -0.2) is 80.9 Å². The van der Waals surface area contributed by atoms with Crippen molar-refractivity contribution in [1.29, 1.82) is 0 Å². The first-order chi connectivity index (χ1) is 18.0. The van der Waals surface area contributed by atoms with E-state index in [4.69, 9.17) is 35.3 Å². The number of hydrogen-bond donors (Lipinski definition) is 2. The lowest BCUT2D eigenvalue weighted by atomic mass is 9.50. The maximum absolute atomic E-state index is 13.1. The first-order valence-corrected chi connectivity index (χ1v) is 13.6. The highest BCUT2D eigenvalue weighted by atomic mass is 35.5. The summed E-state index contributed by atoms with van der Waals surface area (Å²) in [5, 5.41) is 22.8. The summed E-state index contributed by atoms with van der Waals surface area (Å²) in [5.41, 5.74) is -5.00. The minimum Gasteiger partial charge on any atom is -0.462 e. The van der Waals surface area contributed by atoms with Crippen molar-refractivity contribution in [2.45, 2.75) is 114 Å². The smallest absolute Gasteiger partial charge is 0.312 e. The fraction of sp³-hybridized carbons (Fsp3) is 0.778. The van der Waals surface area contributed by atoms with Gasteiger partial charge in [0, 0.05) is 38.2 Å². The van der Waals surface area contributed by atoms with Crippen LogP contribution in [0.15, 0.2) is 12.2 Å². The lowest BCUT2D eigenvalue weighted by Crippen LogP contribution is -2.77. The predicted molar refractivity (Wildman–Crippen MR) is 134 cm³/mol. The fourth-order valence-corrected chi connectivity index (χ4v) is 7.69. The van der Waals surface area contributed by atoms with Gasteiger partial charge in [0.25, 0.3) is 0 Å². The molecule has 2 bridgehead atoms. The van der Waals surface area contributed by atoms with Crippen LogP contribution in [-0.2, 0) is 42.9 Å². The molecule has 11 nitrogen and oxygen atoms in total. The van der Waals surface area contributed by atoms with Gasteiger partial charge in [-0.3, -0.25) is 19.2 Å². The number of rotatable bonds is 4. The molecule has 2 N–H and O–H groups in total. The summed E-state index contributed by atoms with van der Waals surface area (Å²) in [7, 11) is 0. The Morgan fingerprint density at radius 3 is 2.28 bits per heavy atom. The van der Waals surface area contributed by atoms with Crippen molar-refractivity contribution >= 4 is 35.5 Å². The Labute approximate surface area is 232 Å². The zero-order valence-corrected chi connectivity index (χ0v) is 23.8. The third kappa shape index (κ3) is 4.36. The van der Waals surface area contributed by atoms with Crippen LogP contribution in [0.4, 0.5) is 0 Å². The number of halogens is 1. The van der Waals surface area contributed by atoms with Crippen molar-refractivity contribution in [3.05, 3.63) is 12.2 Å². The summed E-state index contributed by atoms with van der Waals surface area (Å²) < 4.78 is 29.6. The molecule has 1 spiro atoms. The third-order valence-corrected chi connectivity index (χ3v) is 9.67. The summed E-state index contributed by atoms with van der Waals surface area (Å²) in [6, 6.07) is 0. The van der Waals surface area contributed by atoms with Crippen LogP contribution in [0.3, 0.4) is 0 Å². The minimum atomic E-state index is -2.28. The largest absolute Gasteiger partial charge is 0.462 e. The highest BCUT2D eigenvalue weighted by molar-refractivity contribution is 6.23. The Hall–Kier alpha value is -2.21. The Morgan fingerprint density at radius 2 is 1.72 bits per heavy atom. The van der Waals surface area contributed by atoms with Crippen molar-refractivity contribution in [2.75, 3.05) is 0 Å². The molecule has 1 aliphatic carbocycles. The van der Waals surface area contributed by atoms with E-state index in [1.807, 2.05) is 0 Å². The molecule has 0 radical (unpaired) electrons. The summed E-state index contributed by atoms with van der Waals surface area (Å²) in [6.07, 6.45) is -5.05. The second-order valence-electron chi connectivity index (χ2n) is 11.7. The predicted octanol–water partition coefficient (Wildman–Crippen LogP) is 1.93. The fourth-order valence-electron chi connectivity index (χ4n) is 7.27. The molecule has 1 saturated carbocycles. The Kier molecular flexibility index (Phi) is 7.41. The molecule has 0 amide bonds. The Morgan fingerprint density at radius 1 is 1.10 bits per heavy atom. The molecule has 4 aliphatic rings. The number of hydrogen-bond acceptors (Lipinski definition) is 11. The molecular formula is C27H37ClO11. The van der Waals surface area contributed by atoms with Gasteiger partial charge >= 0.3 is 23.9 Å². The third-order valence-electron chi connectivity index (χ3n) is 9.18. The summed E-state index contributed by atoms with van der Waals surface area (Å²) in [4.78, 5) is 50.7. The van der Waals surface area contributed by atoms with E-state index in [1.54, 1.807) is 13.8 Å². The monoisotopic (exact) mass is 572 g/mol. The van der Waals surface area contributed by atoms with Crippen LogP contribution in [0.2, 0.25) is 0 Å². The quantitative estimate of drug-likeness (QED) is 0.220. The zero-order chi connectivity index (χ0) is 29.3. The van der Waals surface area contributed by atoms with E-state index in [-0.39, 0.29) is 24.8 Å². The van der Waals surface area contributed by atoms with Crippen LogP contribution < -0.4 is 0 Å². The maximum atomic E-state index is 13.1. The van der Waals surface area contributed by atoms with Crippen LogP contribution in [0.5, 0.6) is 0 Å². The molecule has 3 saturated heterocycles. The van der Waals surface area contributed by atoms with Gasteiger partial charge in [0.05, 0.1) is 22.3 Å². The SMILES string of the molecule is C=C1[C@H](Cl)[C@@H]2OC(=O)[C@H](C)[C@]23O[C@@]1(O)C[C@H](OC(=O)CC)[C@]1(C)C([C@@H]3OC(C)=O)[C@](C)(O)CC[C@@H]1OC(C)=O. The molecule has 1 unspecified atom stereocenters. The first-order valence-electron chi connectivity index (χ1n) is 13.2. The number of ether oxygens (including phenoxy) is 5. The maximum Gasteiger partial charge on any atom is 0.312 e. The number of aliphatic hydroxyl groups is 2. The topological polar surface area (TPSA) is 155 Å². The molecular weight excluding hydrogens is 536 g/mol. The number of carbonyl (C=O) groups is 4. The zero-order valence-electron chi connectivity index (χ0n) is 23.0. The summed E-state index contributed by atoms with van der Waals surface area (Å²) in [6.45, 7) is 12.6. The van der Waals surface area contributed by atoms with Crippen LogP contribution in [0.25, 0.3) is 0 Å². The van der Waals surface area contributed by atoms with E-state index in [9.17, 15) is 29.4 Å². The van der Waals surface area contributed by atoms with Crippen molar-refractivity contribution < 1.29 is 53.1 Å². The van der Waals surface area contributed by atoms with Gasteiger partial charge in [-0.1, -0.05) is 20.4 Å². The van der Waals surface area contributed by atoms with Gasteiger partial charge in [0.2, 0.25) is 0 Å². The second-order valence-corrected chi connectivity index (χ2v) is 12.1. The van der Waals surface area contributed by atoms with Crippen molar-refractivity contribution in [3.63, 3.8) is 0 Å². The van der Waals surface area contributed by atoms with Gasteiger partial charge in [-0.2, -0.15) is 0 Å². The number of carbonyl (C=O) groups excluding carboxylic acids is 4. The molecule has 0 aromatic heterocycles. The molecule has 11 atom stereocenters. The van der Waals surface area contributed by atoms with Gasteiger partial charge in [-0.25, -0.2) is 0 Å². The molecule has 4 rings (SSSR count). The van der Waals surface area contributed by atoms with E-state index >= 15 is 0 Å².